The summed E-state index contributed by atoms with van der Waals surface area (Å²) < 4.78 is 19.7. The Kier molecular flexibility index (Phi) is 6.42. The molecule has 1 aromatic rings. The molecule has 1 saturated heterocycles. The number of halogens is 1. The van der Waals surface area contributed by atoms with E-state index in [0.29, 0.717) is 36.8 Å². The van der Waals surface area contributed by atoms with Gasteiger partial charge in [0.15, 0.2) is 5.82 Å². The number of benzene rings is 1. The maximum absolute atomic E-state index is 14.2. The molecule has 21 heavy (non-hydrogen) atoms. The van der Waals surface area contributed by atoms with Crippen molar-refractivity contribution in [2.45, 2.75) is 25.9 Å². The van der Waals surface area contributed by atoms with E-state index < -0.39 is 0 Å². The van der Waals surface area contributed by atoms with Crippen LogP contribution in [0.2, 0.25) is 0 Å². The lowest BCUT2D eigenvalue weighted by molar-refractivity contribution is 0.0790. The Morgan fingerprint density at radius 1 is 1.24 bits per heavy atom. The van der Waals surface area contributed by atoms with Crippen LogP contribution in [-0.2, 0) is 11.3 Å². The van der Waals surface area contributed by atoms with Gasteiger partial charge >= 0.3 is 0 Å². The second-order valence-electron chi connectivity index (χ2n) is 5.49. The van der Waals surface area contributed by atoms with Crippen molar-refractivity contribution in [1.82, 2.24) is 0 Å². The Bertz CT molecular complexity index is 434. The minimum absolute atomic E-state index is 0.166. The van der Waals surface area contributed by atoms with Crippen molar-refractivity contribution in [3.05, 3.63) is 29.6 Å². The Labute approximate surface area is 125 Å². The fourth-order valence-electron chi connectivity index (χ4n) is 2.69. The normalized spacial score (nSPS) is 16.4. The average molecular weight is 297 g/mol. The molecular formula is C16H24FNO3. The Balaban J connectivity index is 1.84. The molecule has 0 aromatic heterocycles. The van der Waals surface area contributed by atoms with Gasteiger partial charge in [0.2, 0.25) is 0 Å². The van der Waals surface area contributed by atoms with Gasteiger partial charge in [0.05, 0.1) is 12.3 Å². The zero-order chi connectivity index (χ0) is 15.1. The van der Waals surface area contributed by atoms with Crippen LogP contribution in [0.15, 0.2) is 18.2 Å². The zero-order valence-electron chi connectivity index (χ0n) is 12.3. The largest absolute Gasteiger partial charge is 0.396 e. The van der Waals surface area contributed by atoms with Crippen molar-refractivity contribution in [3.8, 4) is 0 Å². The fourth-order valence-corrected chi connectivity index (χ4v) is 2.69. The van der Waals surface area contributed by atoms with Gasteiger partial charge in [0, 0.05) is 38.5 Å². The first-order chi connectivity index (χ1) is 10.3. The number of nitrogens with zero attached hydrogens (tertiary/aromatic N) is 1. The Morgan fingerprint density at radius 2 is 2.00 bits per heavy atom. The monoisotopic (exact) mass is 297 g/mol. The standard InChI is InChI=1S/C16H24FNO3/c17-16-14(11-20)3-1-4-15(16)18-7-5-13(6-8-18)12-21-10-2-9-19/h1,3-4,13,19-20H,2,5-12H2. The van der Waals surface area contributed by atoms with Crippen LogP contribution in [0, 0.1) is 11.7 Å². The van der Waals surface area contributed by atoms with E-state index >= 15 is 0 Å². The van der Waals surface area contributed by atoms with Crippen molar-refractivity contribution in [3.63, 3.8) is 0 Å². The lowest BCUT2D eigenvalue weighted by Crippen LogP contribution is -2.35. The maximum Gasteiger partial charge on any atom is 0.151 e. The van der Waals surface area contributed by atoms with Crippen LogP contribution in [0.5, 0.6) is 0 Å². The lowest BCUT2D eigenvalue weighted by Gasteiger charge is -2.34. The third kappa shape index (κ3) is 4.40. The van der Waals surface area contributed by atoms with Gasteiger partial charge in [0.1, 0.15) is 0 Å². The SMILES string of the molecule is OCCCOCC1CCN(c2cccc(CO)c2F)CC1. The van der Waals surface area contributed by atoms with E-state index in [9.17, 15) is 4.39 Å². The summed E-state index contributed by atoms with van der Waals surface area (Å²) in [6.07, 6.45) is 2.63. The molecule has 0 amide bonds. The Hall–Kier alpha value is -1.17. The van der Waals surface area contributed by atoms with Crippen molar-refractivity contribution >= 4 is 5.69 Å². The second kappa shape index (κ2) is 8.32. The highest BCUT2D eigenvalue weighted by Crippen LogP contribution is 2.27. The average Bonchev–Trinajstić information content (AvgIpc) is 2.53. The van der Waals surface area contributed by atoms with Crippen molar-refractivity contribution in [2.24, 2.45) is 5.92 Å². The molecule has 1 aromatic carbocycles. The van der Waals surface area contributed by atoms with Gasteiger partial charge in [0.25, 0.3) is 0 Å². The number of hydrogen-bond acceptors (Lipinski definition) is 4. The first-order valence-electron chi connectivity index (χ1n) is 7.58. The van der Waals surface area contributed by atoms with Crippen molar-refractivity contribution in [2.75, 3.05) is 37.8 Å². The number of anilines is 1. The molecule has 0 bridgehead atoms. The quantitative estimate of drug-likeness (QED) is 0.755. The summed E-state index contributed by atoms with van der Waals surface area (Å²) in [6.45, 7) is 2.82. The summed E-state index contributed by atoms with van der Waals surface area (Å²) in [5.74, 6) is 0.196. The Morgan fingerprint density at radius 3 is 2.67 bits per heavy atom. The van der Waals surface area contributed by atoms with E-state index in [1.807, 2.05) is 4.90 Å². The van der Waals surface area contributed by atoms with E-state index in [4.69, 9.17) is 14.9 Å². The highest BCUT2D eigenvalue weighted by Gasteiger charge is 2.22. The van der Waals surface area contributed by atoms with Crippen LogP contribution in [-0.4, -0.2) is 43.1 Å². The van der Waals surface area contributed by atoms with Gasteiger partial charge < -0.3 is 19.8 Å². The molecule has 5 heteroatoms. The van der Waals surface area contributed by atoms with Gasteiger partial charge in [-0.1, -0.05) is 12.1 Å². The predicted molar refractivity (Wildman–Crippen MR) is 79.8 cm³/mol. The predicted octanol–water partition coefficient (Wildman–Crippen LogP) is 1.93. The van der Waals surface area contributed by atoms with Crippen LogP contribution >= 0.6 is 0 Å². The van der Waals surface area contributed by atoms with Crippen LogP contribution in [0.25, 0.3) is 0 Å². The van der Waals surface area contributed by atoms with Crippen LogP contribution in [0.3, 0.4) is 0 Å². The van der Waals surface area contributed by atoms with Crippen molar-refractivity contribution < 1.29 is 19.3 Å². The molecule has 2 rings (SSSR count). The third-order valence-electron chi connectivity index (χ3n) is 3.98. The topological polar surface area (TPSA) is 52.9 Å². The van der Waals surface area contributed by atoms with E-state index in [0.717, 1.165) is 25.9 Å². The van der Waals surface area contributed by atoms with Gasteiger partial charge in [-0.3, -0.25) is 0 Å². The van der Waals surface area contributed by atoms with E-state index in [1.165, 1.54) is 0 Å². The van der Waals surface area contributed by atoms with Gasteiger partial charge in [-0.15, -0.1) is 0 Å². The smallest absolute Gasteiger partial charge is 0.151 e. The molecule has 118 valence electrons. The molecule has 0 spiro atoms. The summed E-state index contributed by atoms with van der Waals surface area (Å²) in [6, 6.07) is 5.17. The first-order valence-corrected chi connectivity index (χ1v) is 7.58. The van der Waals surface area contributed by atoms with Gasteiger partial charge in [-0.2, -0.15) is 0 Å². The van der Waals surface area contributed by atoms with Crippen LogP contribution in [0.1, 0.15) is 24.8 Å². The second-order valence-corrected chi connectivity index (χ2v) is 5.49. The number of aliphatic hydroxyl groups excluding tert-OH is 2. The number of hydrogen-bond donors (Lipinski definition) is 2. The first kappa shape index (κ1) is 16.2. The van der Waals surface area contributed by atoms with Gasteiger partial charge in [-0.05, 0) is 31.2 Å². The van der Waals surface area contributed by atoms with Crippen molar-refractivity contribution in [1.29, 1.82) is 0 Å². The fraction of sp³-hybridized carbons (Fsp3) is 0.625. The maximum atomic E-state index is 14.2. The molecule has 1 heterocycles. The number of rotatable bonds is 7. The van der Waals surface area contributed by atoms with E-state index in [-0.39, 0.29) is 19.0 Å². The highest BCUT2D eigenvalue weighted by atomic mass is 19.1. The molecule has 1 fully saturated rings. The third-order valence-corrected chi connectivity index (χ3v) is 3.98. The van der Waals surface area contributed by atoms with Gasteiger partial charge in [-0.25, -0.2) is 4.39 Å². The number of ether oxygens (including phenoxy) is 1. The molecular weight excluding hydrogens is 273 g/mol. The summed E-state index contributed by atoms with van der Waals surface area (Å²) in [4.78, 5) is 2.04. The highest BCUT2D eigenvalue weighted by molar-refractivity contribution is 5.50. The molecule has 1 aliphatic rings. The van der Waals surface area contributed by atoms with Crippen LogP contribution in [0.4, 0.5) is 10.1 Å². The van der Waals surface area contributed by atoms with E-state index in [2.05, 4.69) is 0 Å². The number of aliphatic hydroxyl groups is 2. The summed E-state index contributed by atoms with van der Waals surface area (Å²) in [5, 5.41) is 17.8. The molecule has 2 N–H and O–H groups in total. The molecule has 0 atom stereocenters. The summed E-state index contributed by atoms with van der Waals surface area (Å²) in [7, 11) is 0. The van der Waals surface area contributed by atoms with E-state index in [1.54, 1.807) is 18.2 Å². The molecule has 0 unspecified atom stereocenters. The minimum atomic E-state index is -0.308. The lowest BCUT2D eigenvalue weighted by atomic mass is 9.97. The molecule has 4 nitrogen and oxygen atoms in total. The minimum Gasteiger partial charge on any atom is -0.396 e. The molecule has 0 aliphatic carbocycles. The summed E-state index contributed by atoms with van der Waals surface area (Å²) >= 11 is 0. The summed E-state index contributed by atoms with van der Waals surface area (Å²) in [5.41, 5.74) is 0.933. The molecule has 0 saturated carbocycles. The molecule has 0 radical (unpaired) electrons. The zero-order valence-corrected chi connectivity index (χ0v) is 12.3. The van der Waals surface area contributed by atoms with Crippen LogP contribution < -0.4 is 4.90 Å². The number of piperidine rings is 1. The molecule has 1 aliphatic heterocycles.